The normalized spacial score (nSPS) is 14.2. The first-order valence-corrected chi connectivity index (χ1v) is 20.3. The van der Waals surface area contributed by atoms with Crippen molar-refractivity contribution in [1.82, 2.24) is 0 Å². The molecule has 0 saturated carbocycles. The van der Waals surface area contributed by atoms with Crippen LogP contribution in [0.25, 0.3) is 26.4 Å². The summed E-state index contributed by atoms with van der Waals surface area (Å²) in [6.45, 7) is 26.1. The molecule has 0 bridgehead atoms. The third-order valence-corrected chi connectivity index (χ3v) is 12.7. The number of benzene rings is 3. The Labute approximate surface area is 342 Å². The van der Waals surface area contributed by atoms with Crippen molar-refractivity contribution in [2.24, 2.45) is 21.7 Å². The summed E-state index contributed by atoms with van der Waals surface area (Å²) in [5.74, 6) is 0.869. The first-order chi connectivity index (χ1) is 24.4. The van der Waals surface area contributed by atoms with Gasteiger partial charge in [0.25, 0.3) is 0 Å². The zero-order valence-electron chi connectivity index (χ0n) is 34.0. The Balaban J connectivity index is 0.000000359. The van der Waals surface area contributed by atoms with E-state index in [0.29, 0.717) is 12.6 Å². The second kappa shape index (κ2) is 18.3. The summed E-state index contributed by atoms with van der Waals surface area (Å²) in [4.78, 5) is 19.4. The van der Waals surface area contributed by atoms with Crippen LogP contribution in [-0.2, 0) is 30.3 Å². The van der Waals surface area contributed by atoms with Gasteiger partial charge in [0.05, 0.1) is 12.4 Å². The maximum Gasteiger partial charge on any atom is 0.164 e. The molecule has 0 unspecified atom stereocenters. The maximum absolute atomic E-state index is 12.2. The van der Waals surface area contributed by atoms with Crippen LogP contribution < -0.4 is 5.32 Å². The molecule has 5 rings (SSSR count). The van der Waals surface area contributed by atoms with Crippen LogP contribution in [0.2, 0.25) is 0 Å². The van der Waals surface area contributed by atoms with Gasteiger partial charge in [0.15, 0.2) is 5.78 Å². The third-order valence-electron chi connectivity index (χ3n) is 11.2. The van der Waals surface area contributed by atoms with Crippen LogP contribution in [0, 0.1) is 22.8 Å². The Bertz CT molecular complexity index is 2000. The van der Waals surface area contributed by atoms with Gasteiger partial charge < -0.3 is 15.4 Å². The molecule has 53 heavy (non-hydrogen) atoms. The number of nitrogens with zero attached hydrogens (tertiary/aromatic N) is 1. The van der Waals surface area contributed by atoms with Gasteiger partial charge in [0.2, 0.25) is 0 Å². The Morgan fingerprint density at radius 3 is 2.15 bits per heavy atom. The van der Waals surface area contributed by atoms with Crippen LogP contribution in [0.1, 0.15) is 137 Å². The van der Waals surface area contributed by atoms with Gasteiger partial charge in [-0.25, -0.2) is 0 Å². The van der Waals surface area contributed by atoms with Gasteiger partial charge in [-0.05, 0) is 72.5 Å². The maximum atomic E-state index is 12.2. The fourth-order valence-electron chi connectivity index (χ4n) is 6.65. The van der Waals surface area contributed by atoms with E-state index in [0.717, 1.165) is 53.7 Å². The number of hydrogen-bond acceptors (Lipinski definition) is 6. The van der Waals surface area contributed by atoms with E-state index >= 15 is 0 Å². The fraction of sp³-hybridized carbons (Fsp3) is 0.478. The van der Waals surface area contributed by atoms with Crippen LogP contribution in [-0.4, -0.2) is 23.3 Å². The van der Waals surface area contributed by atoms with Gasteiger partial charge in [-0.2, -0.15) is 0 Å². The van der Waals surface area contributed by atoms with Gasteiger partial charge in [-0.1, -0.05) is 117 Å². The molecule has 4 nitrogen and oxygen atoms in total. The first-order valence-electron chi connectivity index (χ1n) is 19.1. The molecule has 3 aromatic carbocycles. The molecule has 0 amide bonds. The minimum absolute atomic E-state index is 0. The summed E-state index contributed by atoms with van der Waals surface area (Å²) in [5.41, 5.74) is 6.67. The van der Waals surface area contributed by atoms with Crippen molar-refractivity contribution < 1.29 is 30.0 Å². The quantitative estimate of drug-likeness (QED) is 0.0608. The molecule has 1 aliphatic heterocycles. The van der Waals surface area contributed by atoms with Crippen molar-refractivity contribution in [2.75, 3.05) is 12.0 Å². The molecule has 1 aromatic heterocycles. The number of ketones is 1. The van der Waals surface area contributed by atoms with E-state index in [9.17, 15) is 9.90 Å². The zero-order valence-corrected chi connectivity index (χ0v) is 38.1. The smallest absolute Gasteiger partial charge is 0.164 e. The van der Waals surface area contributed by atoms with E-state index in [4.69, 9.17) is 17.6 Å². The third kappa shape index (κ3) is 9.95. The van der Waals surface area contributed by atoms with Crippen LogP contribution in [0.5, 0.6) is 0 Å². The van der Waals surface area contributed by atoms with E-state index in [1.54, 1.807) is 0 Å². The number of carbonyl (C=O) groups excluding carboxylic acids is 1. The fourth-order valence-corrected chi connectivity index (χ4v) is 8.11. The minimum atomic E-state index is -0.337. The second-order valence-electron chi connectivity index (χ2n) is 16.3. The monoisotopic (exact) mass is 930 g/mol. The predicted octanol–water partition coefficient (Wildman–Crippen LogP) is 13.7. The van der Waals surface area contributed by atoms with Gasteiger partial charge in [-0.15, -0.1) is 53.1 Å². The molecule has 289 valence electrons. The number of fused-ring (bicyclic) bond motifs is 4. The molecule has 4 aromatic rings. The van der Waals surface area contributed by atoms with Gasteiger partial charge in [-0.3, -0.25) is 4.79 Å². The van der Waals surface area contributed by atoms with Crippen LogP contribution >= 0.6 is 24.0 Å². The summed E-state index contributed by atoms with van der Waals surface area (Å²) < 4.78 is 1.28. The number of anilines is 1. The molecule has 1 aliphatic rings. The van der Waals surface area contributed by atoms with Gasteiger partial charge in [0.1, 0.15) is 5.76 Å². The summed E-state index contributed by atoms with van der Waals surface area (Å²) in [6, 6.07) is 21.4. The van der Waals surface area contributed by atoms with E-state index in [1.165, 1.54) is 48.8 Å². The average molecular weight is 930 g/mol. The van der Waals surface area contributed by atoms with Gasteiger partial charge in [0, 0.05) is 57.7 Å². The first kappa shape index (κ1) is 44.7. The SMILES string of the molecule is C/C(S)=C(\CC(C)C)c1ccc2c3c(sc2c1)C(c1[c-]c2ccccc2c(C(C)(C)C)c1)=NCN3.CCC(C)(CC)C(=O)/C=C(\O)C(C)(CC)CC.[Ir]. The molecule has 0 aliphatic carbocycles. The van der Waals surface area contributed by atoms with Crippen molar-refractivity contribution in [1.29, 1.82) is 0 Å². The number of aliphatic imine (C=N–C) groups is 1. The Hall–Kier alpha value is -2.70. The Kier molecular flexibility index (Phi) is 15.4. The van der Waals surface area contributed by atoms with Crippen molar-refractivity contribution in [3.8, 4) is 0 Å². The zero-order chi connectivity index (χ0) is 38.6. The molecule has 0 saturated heterocycles. The number of nitrogens with one attached hydrogen (secondary N) is 1. The van der Waals surface area contributed by atoms with Gasteiger partial charge >= 0.3 is 0 Å². The van der Waals surface area contributed by atoms with Crippen molar-refractivity contribution in [3.63, 3.8) is 0 Å². The number of thiophene rings is 1. The minimum Gasteiger partial charge on any atom is -0.512 e. The van der Waals surface area contributed by atoms with Crippen molar-refractivity contribution >= 4 is 67.6 Å². The summed E-state index contributed by atoms with van der Waals surface area (Å²) in [7, 11) is 0. The molecular formula is C46H61IrN2O2S2-. The number of thiol groups is 1. The van der Waals surface area contributed by atoms with E-state index in [1.807, 2.05) is 52.9 Å². The summed E-state index contributed by atoms with van der Waals surface area (Å²) >= 11 is 6.54. The van der Waals surface area contributed by atoms with E-state index in [-0.39, 0.29) is 47.9 Å². The predicted molar refractivity (Wildman–Crippen MR) is 232 cm³/mol. The van der Waals surface area contributed by atoms with Crippen molar-refractivity contribution in [3.05, 3.63) is 92.9 Å². The Morgan fingerprint density at radius 1 is 0.962 bits per heavy atom. The second-order valence-corrected chi connectivity index (χ2v) is 18.1. The largest absolute Gasteiger partial charge is 0.512 e. The number of aliphatic hydroxyl groups is 1. The van der Waals surface area contributed by atoms with Crippen molar-refractivity contribution in [2.45, 2.75) is 121 Å². The Morgan fingerprint density at radius 2 is 1.58 bits per heavy atom. The topological polar surface area (TPSA) is 61.7 Å². The number of rotatable bonds is 11. The standard InChI is InChI=1S/C31H33N2S2.C15H28O2.Ir/c1-18(2)13-25(19(3)34)21-11-12-24-27(16-21)35-30-28(32-17-33-29(24)30)22-14-20-9-7-8-10-23(20)26(15-22)31(4,5)6;1-7-14(5,8-2)12(16)11-13(17)15(6,9-3)10-4;/h7-12,15-16,18,33-34H,13,17H2,1-6H3;11,16H,7-10H2,1-6H3;/q-1;;/b25-19-;12-11-;. The molecule has 0 fully saturated rings. The molecule has 0 atom stereocenters. The molecule has 2 heterocycles. The van der Waals surface area contributed by atoms with E-state index < -0.39 is 0 Å². The number of allylic oxidation sites excluding steroid dienone is 4. The van der Waals surface area contributed by atoms with Crippen LogP contribution in [0.3, 0.4) is 0 Å². The number of carbonyl (C=O) groups is 1. The molecule has 7 heteroatoms. The average Bonchev–Trinajstić information content (AvgIpc) is 3.50. The van der Waals surface area contributed by atoms with E-state index in [2.05, 4.69) is 101 Å². The summed E-state index contributed by atoms with van der Waals surface area (Å²) in [5, 5.41) is 17.4. The summed E-state index contributed by atoms with van der Waals surface area (Å²) in [6.07, 6.45) is 5.78. The molecule has 1 radical (unpaired) electrons. The number of aliphatic hydroxyl groups excluding tert-OH is 1. The molecule has 0 spiro atoms. The van der Waals surface area contributed by atoms with Crippen LogP contribution in [0.4, 0.5) is 5.69 Å². The molecular weight excluding hydrogens is 869 g/mol. The molecule has 2 N–H and O–H groups in total. The number of hydrogen-bond donors (Lipinski definition) is 3. The van der Waals surface area contributed by atoms with Crippen LogP contribution in [0.15, 0.2) is 70.3 Å².